The van der Waals surface area contributed by atoms with Gasteiger partial charge in [0.1, 0.15) is 6.04 Å². The highest BCUT2D eigenvalue weighted by Crippen LogP contribution is 2.32. The molecule has 0 spiro atoms. The number of ether oxygens (including phenoxy) is 2. The van der Waals surface area contributed by atoms with Gasteiger partial charge < -0.3 is 19.7 Å². The molecule has 0 fully saturated rings. The summed E-state index contributed by atoms with van der Waals surface area (Å²) < 4.78 is 10.8. The van der Waals surface area contributed by atoms with Crippen LogP contribution in [0.2, 0.25) is 0 Å². The summed E-state index contributed by atoms with van der Waals surface area (Å²) in [7, 11) is 0. The summed E-state index contributed by atoms with van der Waals surface area (Å²) >= 11 is 0. The van der Waals surface area contributed by atoms with Crippen molar-refractivity contribution in [2.75, 3.05) is 19.9 Å². The van der Waals surface area contributed by atoms with Crippen LogP contribution in [0.25, 0.3) is 0 Å². The van der Waals surface area contributed by atoms with Gasteiger partial charge in [-0.25, -0.2) is 0 Å². The highest BCUT2D eigenvalue weighted by molar-refractivity contribution is 5.87. The number of nitrogens with zero attached hydrogens (tertiary/aromatic N) is 1. The van der Waals surface area contributed by atoms with Gasteiger partial charge in [0.2, 0.25) is 18.6 Å². The topological polar surface area (TPSA) is 67.9 Å². The summed E-state index contributed by atoms with van der Waals surface area (Å²) in [5.74, 6) is 1.39. The fraction of sp³-hybridized carbons (Fsp3) is 0.462. The summed E-state index contributed by atoms with van der Waals surface area (Å²) in [4.78, 5) is 27.9. The SMILES string of the molecule is CCCCNC(=O)[C@H](CC)N(CCc1ccccc1)C(=O)CCc1ccc2c(c1)OCO2. The predicted molar refractivity (Wildman–Crippen MR) is 125 cm³/mol. The van der Waals surface area contributed by atoms with Crippen molar-refractivity contribution >= 4 is 11.8 Å². The van der Waals surface area contributed by atoms with E-state index in [4.69, 9.17) is 9.47 Å². The standard InChI is InChI=1S/C26H34N2O4/c1-3-5-16-27-26(30)22(4-2)28(17-15-20-9-7-6-8-10-20)25(29)14-12-21-11-13-23-24(18-21)32-19-31-23/h6-11,13,18,22H,3-5,12,14-17,19H2,1-2H3,(H,27,30)/t22-/m0/s1. The number of rotatable bonds is 12. The van der Waals surface area contributed by atoms with Gasteiger partial charge in [0.15, 0.2) is 11.5 Å². The van der Waals surface area contributed by atoms with Crippen molar-refractivity contribution < 1.29 is 19.1 Å². The number of amides is 2. The van der Waals surface area contributed by atoms with Gasteiger partial charge in [0.25, 0.3) is 0 Å². The van der Waals surface area contributed by atoms with E-state index in [1.165, 1.54) is 0 Å². The molecule has 0 aromatic heterocycles. The van der Waals surface area contributed by atoms with E-state index < -0.39 is 6.04 Å². The van der Waals surface area contributed by atoms with Gasteiger partial charge in [0, 0.05) is 19.5 Å². The first-order valence-electron chi connectivity index (χ1n) is 11.6. The first-order valence-corrected chi connectivity index (χ1v) is 11.6. The summed E-state index contributed by atoms with van der Waals surface area (Å²) in [5.41, 5.74) is 2.17. The molecule has 0 unspecified atom stereocenters. The van der Waals surface area contributed by atoms with Gasteiger partial charge in [-0.15, -0.1) is 0 Å². The maximum Gasteiger partial charge on any atom is 0.242 e. The minimum atomic E-state index is -0.458. The fourth-order valence-corrected chi connectivity index (χ4v) is 3.89. The van der Waals surface area contributed by atoms with E-state index >= 15 is 0 Å². The fourth-order valence-electron chi connectivity index (χ4n) is 3.89. The van der Waals surface area contributed by atoms with Crippen LogP contribution in [0, 0.1) is 0 Å². The summed E-state index contributed by atoms with van der Waals surface area (Å²) in [6.07, 6.45) is 4.18. The largest absolute Gasteiger partial charge is 0.454 e. The Balaban J connectivity index is 1.67. The highest BCUT2D eigenvalue weighted by atomic mass is 16.7. The van der Waals surface area contributed by atoms with E-state index in [-0.39, 0.29) is 18.6 Å². The molecule has 0 saturated carbocycles. The molecule has 0 bridgehead atoms. The monoisotopic (exact) mass is 438 g/mol. The molecule has 2 aromatic rings. The number of hydrogen-bond acceptors (Lipinski definition) is 4. The molecule has 2 amide bonds. The van der Waals surface area contributed by atoms with Crippen LogP contribution in [0.1, 0.15) is 50.7 Å². The van der Waals surface area contributed by atoms with Crippen molar-refractivity contribution in [3.8, 4) is 11.5 Å². The van der Waals surface area contributed by atoms with Crippen molar-refractivity contribution in [2.24, 2.45) is 0 Å². The lowest BCUT2D eigenvalue weighted by Gasteiger charge is -2.30. The number of fused-ring (bicyclic) bond motifs is 1. The first kappa shape index (κ1) is 23.6. The number of unbranched alkanes of at least 4 members (excludes halogenated alkanes) is 1. The molecule has 1 atom stereocenters. The zero-order chi connectivity index (χ0) is 22.8. The second-order valence-corrected chi connectivity index (χ2v) is 8.08. The van der Waals surface area contributed by atoms with Crippen LogP contribution in [0.15, 0.2) is 48.5 Å². The van der Waals surface area contributed by atoms with E-state index in [1.807, 2.05) is 43.3 Å². The lowest BCUT2D eigenvalue weighted by molar-refractivity contribution is -0.140. The van der Waals surface area contributed by atoms with Crippen LogP contribution in [0.5, 0.6) is 11.5 Å². The smallest absolute Gasteiger partial charge is 0.242 e. The van der Waals surface area contributed by atoms with Gasteiger partial charge in [-0.2, -0.15) is 0 Å². The molecule has 172 valence electrons. The van der Waals surface area contributed by atoms with E-state index in [2.05, 4.69) is 24.4 Å². The lowest BCUT2D eigenvalue weighted by atomic mass is 10.1. The molecule has 0 radical (unpaired) electrons. The number of carbonyl (C=O) groups excluding carboxylic acids is 2. The molecule has 0 aliphatic carbocycles. The zero-order valence-corrected chi connectivity index (χ0v) is 19.1. The average molecular weight is 439 g/mol. The predicted octanol–water partition coefficient (Wildman–Crippen LogP) is 4.11. The molecule has 1 heterocycles. The first-order chi connectivity index (χ1) is 15.6. The molecule has 3 rings (SSSR count). The Hall–Kier alpha value is -3.02. The minimum Gasteiger partial charge on any atom is -0.454 e. The van der Waals surface area contributed by atoms with Crippen molar-refractivity contribution in [2.45, 2.75) is 58.4 Å². The Morgan fingerprint density at radius 3 is 2.53 bits per heavy atom. The highest BCUT2D eigenvalue weighted by Gasteiger charge is 2.28. The summed E-state index contributed by atoms with van der Waals surface area (Å²) in [6, 6.07) is 15.4. The number of hydrogen-bond donors (Lipinski definition) is 1. The third-order valence-corrected chi connectivity index (χ3v) is 5.76. The molecule has 1 aliphatic heterocycles. The Bertz CT molecular complexity index is 885. The quantitative estimate of drug-likeness (QED) is 0.507. The van der Waals surface area contributed by atoms with E-state index in [0.717, 1.165) is 41.9 Å². The second-order valence-electron chi connectivity index (χ2n) is 8.08. The lowest BCUT2D eigenvalue weighted by Crippen LogP contribution is -2.50. The third-order valence-electron chi connectivity index (χ3n) is 5.76. The molecule has 2 aromatic carbocycles. The van der Waals surface area contributed by atoms with Crippen molar-refractivity contribution in [1.82, 2.24) is 10.2 Å². The van der Waals surface area contributed by atoms with Crippen LogP contribution in [0.4, 0.5) is 0 Å². The molecule has 32 heavy (non-hydrogen) atoms. The second kappa shape index (κ2) is 12.1. The van der Waals surface area contributed by atoms with Crippen molar-refractivity contribution in [3.05, 3.63) is 59.7 Å². The van der Waals surface area contributed by atoms with Crippen LogP contribution < -0.4 is 14.8 Å². The van der Waals surface area contributed by atoms with E-state index in [9.17, 15) is 9.59 Å². The van der Waals surface area contributed by atoms with Crippen molar-refractivity contribution in [3.63, 3.8) is 0 Å². The molecule has 1 aliphatic rings. The van der Waals surface area contributed by atoms with Crippen LogP contribution >= 0.6 is 0 Å². The Labute approximate surface area is 190 Å². The van der Waals surface area contributed by atoms with E-state index in [0.29, 0.717) is 32.4 Å². The van der Waals surface area contributed by atoms with Gasteiger partial charge in [-0.05, 0) is 48.9 Å². The molecule has 0 saturated heterocycles. The number of carbonyl (C=O) groups is 2. The van der Waals surface area contributed by atoms with Gasteiger partial charge in [0.05, 0.1) is 0 Å². The molecule has 6 nitrogen and oxygen atoms in total. The van der Waals surface area contributed by atoms with E-state index in [1.54, 1.807) is 4.90 Å². The minimum absolute atomic E-state index is 0.00362. The Morgan fingerprint density at radius 1 is 1.00 bits per heavy atom. The summed E-state index contributed by atoms with van der Waals surface area (Å²) in [6.45, 7) is 5.45. The number of aryl methyl sites for hydroxylation is 1. The van der Waals surface area contributed by atoms with Gasteiger partial charge >= 0.3 is 0 Å². The normalized spacial score (nSPS) is 12.9. The molecule has 6 heteroatoms. The molecular weight excluding hydrogens is 404 g/mol. The van der Waals surface area contributed by atoms with Gasteiger partial charge in [-0.3, -0.25) is 9.59 Å². The number of benzene rings is 2. The van der Waals surface area contributed by atoms with Crippen LogP contribution in [0.3, 0.4) is 0 Å². The summed E-state index contributed by atoms with van der Waals surface area (Å²) in [5, 5.41) is 3.01. The Morgan fingerprint density at radius 2 is 1.78 bits per heavy atom. The third kappa shape index (κ3) is 6.49. The maximum atomic E-state index is 13.3. The number of nitrogens with one attached hydrogen (secondary N) is 1. The zero-order valence-electron chi connectivity index (χ0n) is 19.1. The molecule has 1 N–H and O–H groups in total. The average Bonchev–Trinajstić information content (AvgIpc) is 3.29. The Kier molecular flexibility index (Phi) is 8.96. The maximum absolute atomic E-state index is 13.3. The van der Waals surface area contributed by atoms with Crippen molar-refractivity contribution in [1.29, 1.82) is 0 Å². The van der Waals surface area contributed by atoms with Crippen LogP contribution in [-0.4, -0.2) is 42.6 Å². The molecular formula is C26H34N2O4. The van der Waals surface area contributed by atoms with Gasteiger partial charge in [-0.1, -0.05) is 56.7 Å². The van der Waals surface area contributed by atoms with Crippen LogP contribution in [-0.2, 0) is 22.4 Å².